The van der Waals surface area contributed by atoms with Gasteiger partial charge in [-0.3, -0.25) is 0 Å². The maximum Gasteiger partial charge on any atom is 0.0817 e. The number of para-hydroxylation sites is 3. The van der Waals surface area contributed by atoms with Gasteiger partial charge in [0.05, 0.1) is 33.5 Å². The summed E-state index contributed by atoms with van der Waals surface area (Å²) in [5.41, 5.74) is 12.1. The van der Waals surface area contributed by atoms with Crippen molar-refractivity contribution in [1.29, 1.82) is 0 Å². The molecule has 246 valence electrons. The number of benzene rings is 9. The summed E-state index contributed by atoms with van der Waals surface area (Å²) in [4.78, 5) is 13.0. The second-order valence-electron chi connectivity index (χ2n) is 13.7. The molecule has 0 N–H and O–H groups in total. The zero-order chi connectivity index (χ0) is 34.9. The quantitative estimate of drug-likeness (QED) is 0.167. The van der Waals surface area contributed by atoms with Crippen LogP contribution in [0.5, 0.6) is 0 Å². The molecule has 0 fully saturated rings. The fraction of sp³-hybridized carbons (Fsp3) is 0. The summed E-state index contributed by atoms with van der Waals surface area (Å²) in [7, 11) is 0. The van der Waals surface area contributed by atoms with E-state index in [0.29, 0.717) is 0 Å². The normalized spacial score (nSPS) is 12.1. The smallest absolute Gasteiger partial charge is 0.0817 e. The molecule has 0 spiro atoms. The average molecular weight is 674 g/mol. The summed E-state index contributed by atoms with van der Waals surface area (Å²) in [6, 6.07) is 67.5. The summed E-state index contributed by atoms with van der Waals surface area (Å²) >= 11 is 0. The van der Waals surface area contributed by atoms with Crippen LogP contribution in [-0.2, 0) is 0 Å². The highest BCUT2D eigenvalue weighted by atomic mass is 15.1. The average Bonchev–Trinajstić information content (AvgIpc) is 3.80. The van der Waals surface area contributed by atoms with Crippen molar-refractivity contribution in [3.8, 4) is 33.4 Å². The number of hydrogen-bond acceptors (Lipinski definition) is 3. The minimum absolute atomic E-state index is 0.958. The zero-order valence-corrected chi connectivity index (χ0v) is 28.7. The molecule has 3 heteroatoms. The molecule has 0 bridgehead atoms. The lowest BCUT2D eigenvalue weighted by Gasteiger charge is -2.30. The van der Waals surface area contributed by atoms with Crippen molar-refractivity contribution in [2.24, 2.45) is 9.98 Å². The molecule has 2 heterocycles. The Hall–Kier alpha value is -7.10. The Labute approximate surface area is 306 Å². The van der Waals surface area contributed by atoms with E-state index >= 15 is 0 Å². The summed E-state index contributed by atoms with van der Waals surface area (Å²) in [5, 5.41) is 9.14. The molecule has 0 aliphatic carbocycles. The number of rotatable bonds is 5. The highest BCUT2D eigenvalue weighted by Gasteiger charge is 2.29. The number of nitrogens with zero attached hydrogens (tertiary/aromatic N) is 3. The fourth-order valence-electron chi connectivity index (χ4n) is 8.39. The van der Waals surface area contributed by atoms with Crippen LogP contribution in [0.1, 0.15) is 0 Å². The topological polar surface area (TPSA) is 28.0 Å². The van der Waals surface area contributed by atoms with Gasteiger partial charge < -0.3 is 4.90 Å². The first-order chi connectivity index (χ1) is 26.3. The van der Waals surface area contributed by atoms with Gasteiger partial charge in [-0.1, -0.05) is 127 Å². The van der Waals surface area contributed by atoms with Gasteiger partial charge in [0, 0.05) is 43.8 Å². The summed E-state index contributed by atoms with van der Waals surface area (Å²) in [6.45, 7) is 0. The van der Waals surface area contributed by atoms with Crippen LogP contribution in [0.25, 0.3) is 54.9 Å². The summed E-state index contributed by atoms with van der Waals surface area (Å²) in [6.07, 6.45) is 0. The van der Waals surface area contributed by atoms with Crippen molar-refractivity contribution in [1.82, 2.24) is 0 Å². The van der Waals surface area contributed by atoms with E-state index < -0.39 is 0 Å². The van der Waals surface area contributed by atoms with E-state index in [2.05, 4.69) is 193 Å². The van der Waals surface area contributed by atoms with Crippen molar-refractivity contribution >= 4 is 50.0 Å². The molecular weight excluding hydrogens is 643 g/mol. The lowest BCUT2D eigenvalue weighted by atomic mass is 9.85. The Morgan fingerprint density at radius 1 is 0.377 bits per heavy atom. The van der Waals surface area contributed by atoms with Crippen LogP contribution in [0.2, 0.25) is 0 Å². The second-order valence-corrected chi connectivity index (χ2v) is 13.7. The maximum absolute atomic E-state index is 5.26. The van der Waals surface area contributed by atoms with Gasteiger partial charge in [0.25, 0.3) is 0 Å². The Balaban J connectivity index is 1.24. The third kappa shape index (κ3) is 4.61. The van der Waals surface area contributed by atoms with Crippen molar-refractivity contribution in [3.05, 3.63) is 209 Å². The Kier molecular flexibility index (Phi) is 6.55. The predicted octanol–water partition coefficient (Wildman–Crippen LogP) is 12.3. The third-order valence-electron chi connectivity index (χ3n) is 10.7. The van der Waals surface area contributed by atoms with Crippen LogP contribution < -0.4 is 15.6 Å². The molecule has 0 atom stereocenters. The SMILES string of the molecule is c1ccc(-c2ccc3c(c2-c2ccccc2N(c2ccccc2)c2cccc4cc5ccccc5cc24)-c2c4c(ccc2=N3)=c2ccccc2=N4)cc1. The molecule has 0 saturated carbocycles. The minimum Gasteiger partial charge on any atom is -0.309 e. The fourth-order valence-corrected chi connectivity index (χ4v) is 8.39. The molecule has 53 heavy (non-hydrogen) atoms. The van der Waals surface area contributed by atoms with Gasteiger partial charge >= 0.3 is 0 Å². The van der Waals surface area contributed by atoms with Crippen molar-refractivity contribution in [3.63, 3.8) is 0 Å². The summed E-state index contributed by atoms with van der Waals surface area (Å²) in [5.74, 6) is 0. The monoisotopic (exact) mass is 673 g/mol. The van der Waals surface area contributed by atoms with Gasteiger partial charge in [-0.2, -0.15) is 0 Å². The number of anilines is 3. The molecule has 2 aliphatic rings. The predicted molar refractivity (Wildman–Crippen MR) is 218 cm³/mol. The van der Waals surface area contributed by atoms with Gasteiger partial charge in [-0.25, -0.2) is 9.98 Å². The van der Waals surface area contributed by atoms with Crippen LogP contribution in [0.15, 0.2) is 198 Å². The first-order valence-electron chi connectivity index (χ1n) is 18.1. The van der Waals surface area contributed by atoms with E-state index in [0.717, 1.165) is 77.8 Å². The summed E-state index contributed by atoms with van der Waals surface area (Å²) < 4.78 is 0. The molecule has 0 amide bonds. The standard InChI is InChI=1S/C50H31N3/c1-3-14-32(15-4-1)37-26-28-43-48(49-44(51-43)29-27-39-38-21-9-11-23-42(38)52-50(39)49)47(37)40-22-10-12-24-45(40)53(36-19-5-2-6-20-36)46-25-13-18-35-30-33-16-7-8-17-34(33)31-41(35)46/h1-31H. The molecule has 0 unspecified atom stereocenters. The molecule has 0 saturated heterocycles. The molecule has 9 aromatic rings. The Bertz CT molecular complexity index is 3170. The van der Waals surface area contributed by atoms with Gasteiger partial charge in [0.2, 0.25) is 0 Å². The van der Waals surface area contributed by atoms with E-state index in [-0.39, 0.29) is 0 Å². The van der Waals surface area contributed by atoms with E-state index in [9.17, 15) is 0 Å². The van der Waals surface area contributed by atoms with Gasteiger partial charge in [0.1, 0.15) is 0 Å². The van der Waals surface area contributed by atoms with Crippen LogP contribution in [0.3, 0.4) is 0 Å². The van der Waals surface area contributed by atoms with Gasteiger partial charge in [0.15, 0.2) is 0 Å². The lowest BCUT2D eigenvalue weighted by molar-refractivity contribution is 1.30. The van der Waals surface area contributed by atoms with Crippen LogP contribution >= 0.6 is 0 Å². The van der Waals surface area contributed by atoms with Crippen molar-refractivity contribution in [2.45, 2.75) is 0 Å². The molecule has 11 rings (SSSR count). The van der Waals surface area contributed by atoms with E-state index in [1.165, 1.54) is 26.8 Å². The first-order valence-corrected chi connectivity index (χ1v) is 18.1. The van der Waals surface area contributed by atoms with Crippen LogP contribution in [-0.4, -0.2) is 0 Å². The molecule has 0 radical (unpaired) electrons. The number of hydrogen-bond donors (Lipinski definition) is 0. The third-order valence-corrected chi connectivity index (χ3v) is 10.7. The van der Waals surface area contributed by atoms with Crippen LogP contribution in [0.4, 0.5) is 28.4 Å². The lowest BCUT2D eigenvalue weighted by Crippen LogP contribution is -2.12. The highest BCUT2D eigenvalue weighted by molar-refractivity contribution is 6.10. The first kappa shape index (κ1) is 29.6. The Morgan fingerprint density at radius 3 is 1.94 bits per heavy atom. The van der Waals surface area contributed by atoms with Gasteiger partial charge in [-0.15, -0.1) is 0 Å². The second kappa shape index (κ2) is 11.7. The molecule has 0 aromatic heterocycles. The van der Waals surface area contributed by atoms with E-state index in [4.69, 9.17) is 9.98 Å². The van der Waals surface area contributed by atoms with Crippen LogP contribution in [0, 0.1) is 10.4 Å². The molecule has 9 aromatic carbocycles. The molecule has 3 nitrogen and oxygen atoms in total. The van der Waals surface area contributed by atoms with Crippen molar-refractivity contribution in [2.75, 3.05) is 4.90 Å². The minimum atomic E-state index is 0.958. The Morgan fingerprint density at radius 2 is 1.08 bits per heavy atom. The largest absolute Gasteiger partial charge is 0.309 e. The zero-order valence-electron chi connectivity index (χ0n) is 28.7. The van der Waals surface area contributed by atoms with Crippen molar-refractivity contribution < 1.29 is 0 Å². The highest BCUT2D eigenvalue weighted by Crippen LogP contribution is 2.53. The maximum atomic E-state index is 5.26. The van der Waals surface area contributed by atoms with E-state index in [1.54, 1.807) is 0 Å². The van der Waals surface area contributed by atoms with Gasteiger partial charge in [-0.05, 0) is 87.9 Å². The number of fused-ring (bicyclic) bond motifs is 8. The molecule has 2 aliphatic heterocycles. The van der Waals surface area contributed by atoms with E-state index in [1.807, 2.05) is 0 Å². The molecular formula is C50H31N3.